The van der Waals surface area contributed by atoms with Gasteiger partial charge in [0.1, 0.15) is 0 Å². The van der Waals surface area contributed by atoms with Gasteiger partial charge in [-0.15, -0.1) is 17.5 Å². The van der Waals surface area contributed by atoms with Gasteiger partial charge in [-0.05, 0) is 108 Å². The van der Waals surface area contributed by atoms with E-state index in [-0.39, 0.29) is 136 Å². The molecule has 2 unspecified atom stereocenters. The average Bonchev–Trinajstić information content (AvgIpc) is 3.70. The first-order valence-corrected chi connectivity index (χ1v) is 21.0. The summed E-state index contributed by atoms with van der Waals surface area (Å²) in [6, 6.07) is 19.7. The van der Waals surface area contributed by atoms with Crippen LogP contribution in [0.3, 0.4) is 0 Å². The van der Waals surface area contributed by atoms with Gasteiger partial charge in [0, 0.05) is 92.3 Å². The van der Waals surface area contributed by atoms with Gasteiger partial charge in [-0.25, -0.2) is 5.10 Å². The van der Waals surface area contributed by atoms with Crippen molar-refractivity contribution in [1.82, 2.24) is 40.1 Å². The zero-order valence-electron chi connectivity index (χ0n) is 37.9. The molecule has 4 atom stereocenters. The maximum atomic E-state index is 9.69. The molecule has 5 heterocycles. The molecule has 3 aromatic rings. The Morgan fingerprint density at radius 2 is 1.39 bits per heavy atom. The molecule has 0 radical (unpaired) electrons. The molecule has 0 saturated carbocycles. The predicted octanol–water partition coefficient (Wildman–Crippen LogP) is -2.99. The predicted molar refractivity (Wildman–Crippen MR) is 239 cm³/mol. The van der Waals surface area contributed by atoms with Crippen LogP contribution >= 0.6 is 35.6 Å². The minimum absolute atomic E-state index is 0. The fourth-order valence-corrected chi connectivity index (χ4v) is 8.76. The number of halogens is 3. The van der Waals surface area contributed by atoms with E-state index in [4.69, 9.17) is 44.2 Å². The van der Waals surface area contributed by atoms with Gasteiger partial charge in [0.2, 0.25) is 18.1 Å². The molecular weight excluding hydrogens is 909 g/mol. The van der Waals surface area contributed by atoms with Crippen LogP contribution in [0.15, 0.2) is 53.5 Å². The Bertz CT molecular complexity index is 1730. The van der Waals surface area contributed by atoms with Crippen LogP contribution in [0.25, 0.3) is 0 Å². The molecule has 0 spiro atoms. The number of hydrogen-bond acceptors (Lipinski definition) is 15. The molecule has 21 heteroatoms. The molecule has 7 rings (SSSR count). The molecule has 4 saturated heterocycles. The summed E-state index contributed by atoms with van der Waals surface area (Å²) >= 11 is 12.1. The quantitative estimate of drug-likeness (QED) is 0.0423. The average molecular weight is 973 g/mol. The summed E-state index contributed by atoms with van der Waals surface area (Å²) in [5, 5.41) is 37.5. The van der Waals surface area contributed by atoms with Crippen molar-refractivity contribution in [2.75, 3.05) is 83.7 Å². The van der Waals surface area contributed by atoms with Gasteiger partial charge in [0.05, 0.1) is 6.61 Å². The Morgan fingerprint density at radius 3 is 1.82 bits per heavy atom. The fraction of sp³-hybridized carbons (Fsp3) is 0.585. The van der Waals surface area contributed by atoms with Crippen molar-refractivity contribution in [2.24, 2.45) is 4.99 Å². The normalized spacial score (nSPS) is 22.5. The number of carbonyl (C=O) groups excluding carboxylic acids is 1. The number of piperidine rings is 2. The number of nitriles is 1. The van der Waals surface area contributed by atoms with Crippen LogP contribution < -0.4 is 124 Å². The van der Waals surface area contributed by atoms with E-state index in [1.807, 2.05) is 24.3 Å². The maximum absolute atomic E-state index is 9.69. The number of likely N-dealkylation sites (N-methyl/N-ethyl adjacent to an activating group) is 2. The number of aliphatic imine (C=N–C) groups is 1. The standard InChI is InChI=1S/C20H30ClN7.C18H28ClN3O.C2H2N2.CH2O3.ClH.2K.H/c1-14-12-28(17-7-9-27(10-8-17)20-23-19(22)24-25-20)18(13-26(14)2)11-15-3-5-16(21)6-4-15;1-21-11-17(10-14-2-4-15(19)5-3-14)22(12-18(21)13-23)16-6-8-20-9-7-16;1-4-2-3;2-1-4-3;;;;/h3-6,14,17-18H,7-13H2,1-2H3,(H3,22,23,24,25);2-5,16-18,20,23H,6-13H2,1H3;1H2;1,3H;1H;;;/q;;;;;2*+1;-1/p-1/t14-,18?;17?,18-;;;;;;/m01....../s1. The fourth-order valence-electron chi connectivity index (χ4n) is 8.51. The number of aromatic amines is 1. The van der Waals surface area contributed by atoms with Crippen LogP contribution in [0.4, 0.5) is 11.9 Å². The molecular formula is C41H63Cl3K2N12O4. The van der Waals surface area contributed by atoms with Crippen molar-refractivity contribution in [3.05, 3.63) is 69.7 Å². The molecule has 4 fully saturated rings. The van der Waals surface area contributed by atoms with Gasteiger partial charge >= 0.3 is 103 Å². The number of piperazine rings is 2. The maximum Gasteiger partial charge on any atom is 1.00 e. The van der Waals surface area contributed by atoms with Gasteiger partial charge in [-0.1, -0.05) is 47.5 Å². The van der Waals surface area contributed by atoms with Gasteiger partial charge < -0.3 is 37.5 Å². The molecule has 5 N–H and O–H groups in total. The second-order valence-electron chi connectivity index (χ2n) is 15.6. The van der Waals surface area contributed by atoms with E-state index in [1.54, 1.807) is 0 Å². The van der Waals surface area contributed by atoms with E-state index in [1.165, 1.54) is 30.2 Å². The first-order valence-electron chi connectivity index (χ1n) is 20.2. The number of nitrogens with zero attached hydrogens (tertiary/aromatic N) is 9. The van der Waals surface area contributed by atoms with E-state index in [9.17, 15) is 5.11 Å². The number of aliphatic hydroxyl groups excluding tert-OH is 1. The van der Waals surface area contributed by atoms with E-state index in [0.717, 1.165) is 94.0 Å². The summed E-state index contributed by atoms with van der Waals surface area (Å²) in [6.07, 6.45) is 8.22. The molecule has 0 amide bonds. The number of rotatable bonds is 9. The second-order valence-corrected chi connectivity index (χ2v) is 16.5. The largest absolute Gasteiger partial charge is 1.00 e. The number of nitrogens with two attached hydrogens (primary N) is 1. The number of benzene rings is 2. The van der Waals surface area contributed by atoms with Crippen molar-refractivity contribution < 1.29 is 124 Å². The summed E-state index contributed by atoms with van der Waals surface area (Å²) in [7, 11) is 4.38. The van der Waals surface area contributed by atoms with Crippen LogP contribution in [-0.2, 0) is 22.5 Å². The van der Waals surface area contributed by atoms with Gasteiger partial charge in [-0.3, -0.25) is 19.5 Å². The van der Waals surface area contributed by atoms with Crippen LogP contribution in [0.2, 0.25) is 10.0 Å². The Labute approximate surface area is 470 Å². The third-order valence-electron chi connectivity index (χ3n) is 11.8. The third-order valence-corrected chi connectivity index (χ3v) is 12.3. The molecule has 2 aromatic carbocycles. The summed E-state index contributed by atoms with van der Waals surface area (Å²) in [4.78, 5) is 30.8. The van der Waals surface area contributed by atoms with Crippen LogP contribution in [0, 0.1) is 11.5 Å². The topological polar surface area (TPSA) is 202 Å². The summed E-state index contributed by atoms with van der Waals surface area (Å²) in [5.74, 6) is 1.11. The van der Waals surface area contributed by atoms with Crippen molar-refractivity contribution in [3.8, 4) is 6.19 Å². The Balaban J connectivity index is 0.000001000. The Morgan fingerprint density at radius 1 is 0.919 bits per heavy atom. The molecule has 334 valence electrons. The first kappa shape index (κ1) is 59.7. The van der Waals surface area contributed by atoms with Crippen LogP contribution in [0.5, 0.6) is 0 Å². The summed E-state index contributed by atoms with van der Waals surface area (Å²) in [6.45, 7) is 13.6. The molecule has 0 aliphatic carbocycles. The zero-order chi connectivity index (χ0) is 42.7. The number of H-pyrrole nitrogens is 1. The van der Waals surface area contributed by atoms with E-state index in [2.05, 4.69) is 107 Å². The van der Waals surface area contributed by atoms with Gasteiger partial charge in [0.25, 0.3) is 6.47 Å². The first-order chi connectivity index (χ1) is 28.5. The van der Waals surface area contributed by atoms with Gasteiger partial charge in [0.15, 0.2) is 0 Å². The van der Waals surface area contributed by atoms with Gasteiger partial charge in [-0.2, -0.15) is 15.2 Å². The minimum Gasteiger partial charge on any atom is -1.00 e. The minimum atomic E-state index is -0.181. The van der Waals surface area contributed by atoms with E-state index in [0.29, 0.717) is 36.2 Å². The van der Waals surface area contributed by atoms with E-state index >= 15 is 0 Å². The summed E-state index contributed by atoms with van der Waals surface area (Å²) in [5.41, 5.74) is 8.38. The Kier molecular flexibility index (Phi) is 31.2. The SMILES string of the molecule is C=NC#N.CN1CC(Cc2ccc(Cl)cc2)N(C2CCNCC2)C[C@@H]1CO.C[C@H]1CN(C2CCN(c3n[nH]c(N)n3)CC2)C(Cc2ccc(Cl)cc2)CN1C.Cl.O=CO[O-].[H-].[K+].[K+]. The van der Waals surface area contributed by atoms with E-state index < -0.39 is 0 Å². The summed E-state index contributed by atoms with van der Waals surface area (Å²) < 4.78 is 0. The molecule has 4 aliphatic rings. The number of carbonyl (C=O) groups is 1. The number of nitrogen functional groups attached to an aromatic ring is 1. The molecule has 16 nitrogen and oxygen atoms in total. The number of anilines is 2. The number of aromatic nitrogens is 3. The van der Waals surface area contributed by atoms with Crippen LogP contribution in [-0.4, -0.2) is 162 Å². The molecule has 4 aliphatic heterocycles. The third kappa shape index (κ3) is 19.5. The van der Waals surface area contributed by atoms with Crippen molar-refractivity contribution >= 4 is 60.7 Å². The number of hydrogen-bond donors (Lipinski definition) is 4. The van der Waals surface area contributed by atoms with Crippen molar-refractivity contribution in [2.45, 2.75) is 81.7 Å². The second kappa shape index (κ2) is 32.4. The van der Waals surface area contributed by atoms with Crippen LogP contribution in [0.1, 0.15) is 45.2 Å². The zero-order valence-corrected chi connectivity index (χ0v) is 45.5. The van der Waals surface area contributed by atoms with Crippen molar-refractivity contribution in [3.63, 3.8) is 0 Å². The Hall–Kier alpha value is -0.327. The number of nitrogens with one attached hydrogen (secondary N) is 2. The van der Waals surface area contributed by atoms with Crippen molar-refractivity contribution in [1.29, 1.82) is 5.26 Å². The molecule has 62 heavy (non-hydrogen) atoms. The monoisotopic (exact) mass is 970 g/mol. The number of aliphatic hydroxyl groups is 1. The molecule has 0 bridgehead atoms. The molecule has 1 aromatic heterocycles. The smallest absolute Gasteiger partial charge is 1.00 e.